The molecule has 0 aromatic heterocycles. The number of hydrogen-bond acceptors (Lipinski definition) is 2. The summed E-state index contributed by atoms with van der Waals surface area (Å²) in [4.78, 5) is 15.1. The molecule has 3 aliphatic rings. The first-order chi connectivity index (χ1) is 17.1. The lowest BCUT2D eigenvalue weighted by Gasteiger charge is -2.52. The Labute approximate surface area is 207 Å². The van der Waals surface area contributed by atoms with Gasteiger partial charge in [0.2, 0.25) is 0 Å². The predicted molar refractivity (Wildman–Crippen MR) is 137 cm³/mol. The van der Waals surface area contributed by atoms with Crippen molar-refractivity contribution in [3.05, 3.63) is 102 Å². The maximum atomic E-state index is 13.6. The molecule has 3 aromatic carbocycles. The van der Waals surface area contributed by atoms with E-state index in [4.69, 9.17) is 4.74 Å². The number of amides is 1. The van der Waals surface area contributed by atoms with E-state index in [1.54, 1.807) is 17.0 Å². The third-order valence-corrected chi connectivity index (χ3v) is 7.78. The lowest BCUT2D eigenvalue weighted by Crippen LogP contribution is -2.65. The van der Waals surface area contributed by atoms with E-state index < -0.39 is 0 Å². The standard InChI is InChI=1S/C30H34FN2O2/c31-27-13-15-28(16-14-27)32(22-25-10-5-2-6-11-25)30(34)35-29-23-33(20-17-26(29)18-21-33)19-7-12-24-8-3-1-4-9-24/h1-6,8-11,13-16,26,29H,7,12,17-23H2/q+1/t26?,29-,33?/m0/s1. The number of hydrogen-bond donors (Lipinski definition) is 0. The summed E-state index contributed by atoms with van der Waals surface area (Å²) >= 11 is 0. The first kappa shape index (κ1) is 23.6. The number of fused-ring (bicyclic) bond motifs is 3. The van der Waals surface area contributed by atoms with Crippen molar-refractivity contribution in [2.75, 3.05) is 31.1 Å². The van der Waals surface area contributed by atoms with Crippen LogP contribution in [-0.4, -0.2) is 42.9 Å². The largest absolute Gasteiger partial charge is 0.440 e. The van der Waals surface area contributed by atoms with Gasteiger partial charge in [0.25, 0.3) is 0 Å². The zero-order valence-corrected chi connectivity index (χ0v) is 20.2. The highest BCUT2D eigenvalue weighted by molar-refractivity contribution is 5.87. The van der Waals surface area contributed by atoms with E-state index in [1.165, 1.54) is 30.8 Å². The van der Waals surface area contributed by atoms with E-state index in [-0.39, 0.29) is 18.0 Å². The quantitative estimate of drug-likeness (QED) is 0.364. The summed E-state index contributed by atoms with van der Waals surface area (Å²) in [6.45, 7) is 4.77. The Morgan fingerprint density at radius 1 is 0.886 bits per heavy atom. The van der Waals surface area contributed by atoms with Gasteiger partial charge in [-0.25, -0.2) is 9.18 Å². The lowest BCUT2D eigenvalue weighted by molar-refractivity contribution is -0.946. The zero-order valence-electron chi connectivity index (χ0n) is 20.2. The van der Waals surface area contributed by atoms with E-state index in [9.17, 15) is 9.18 Å². The Morgan fingerprint density at radius 3 is 2.17 bits per heavy atom. The second kappa shape index (κ2) is 10.6. The molecule has 4 nitrogen and oxygen atoms in total. The molecule has 6 rings (SSSR count). The number of anilines is 1. The predicted octanol–water partition coefficient (Wildman–Crippen LogP) is 6.21. The van der Waals surface area contributed by atoms with E-state index >= 15 is 0 Å². The van der Waals surface area contributed by atoms with Gasteiger partial charge < -0.3 is 9.22 Å². The Balaban J connectivity index is 1.26. The Bertz CT molecular complexity index is 1100. The van der Waals surface area contributed by atoms with Crippen LogP contribution >= 0.6 is 0 Å². The average molecular weight is 474 g/mol. The summed E-state index contributed by atoms with van der Waals surface area (Å²) in [5, 5.41) is 0. The molecule has 3 heterocycles. The summed E-state index contributed by atoms with van der Waals surface area (Å²) in [5.74, 6) is 0.112. The fourth-order valence-corrected chi connectivity index (χ4v) is 5.77. The summed E-state index contributed by atoms with van der Waals surface area (Å²) in [5.41, 5.74) is 3.04. The molecule has 35 heavy (non-hydrogen) atoms. The van der Waals surface area contributed by atoms with Gasteiger partial charge >= 0.3 is 6.09 Å². The second-order valence-electron chi connectivity index (χ2n) is 10.1. The highest BCUT2D eigenvalue weighted by Gasteiger charge is 2.47. The summed E-state index contributed by atoms with van der Waals surface area (Å²) in [7, 11) is 0. The minimum atomic E-state index is -0.346. The van der Waals surface area contributed by atoms with Crippen LogP contribution in [0.25, 0.3) is 0 Å². The van der Waals surface area contributed by atoms with Gasteiger partial charge in [0.1, 0.15) is 12.4 Å². The van der Waals surface area contributed by atoms with E-state index in [0.717, 1.165) is 48.8 Å². The molecule has 3 fully saturated rings. The summed E-state index contributed by atoms with van der Waals surface area (Å²) in [6.07, 6.45) is 4.04. The molecule has 3 aromatic rings. The number of halogens is 1. The van der Waals surface area contributed by atoms with Crippen molar-refractivity contribution in [2.45, 2.75) is 38.3 Å². The summed E-state index contributed by atoms with van der Waals surface area (Å²) in [6, 6.07) is 26.6. The van der Waals surface area contributed by atoms with Crippen molar-refractivity contribution in [3.63, 3.8) is 0 Å². The van der Waals surface area contributed by atoms with Gasteiger partial charge in [0, 0.05) is 30.9 Å². The van der Waals surface area contributed by atoms with Crippen molar-refractivity contribution in [1.29, 1.82) is 0 Å². The molecule has 0 saturated carbocycles. The van der Waals surface area contributed by atoms with Crippen LogP contribution in [0.15, 0.2) is 84.9 Å². The van der Waals surface area contributed by atoms with E-state index in [2.05, 4.69) is 30.3 Å². The minimum absolute atomic E-state index is 0.0690. The minimum Gasteiger partial charge on any atom is -0.440 e. The first-order valence-electron chi connectivity index (χ1n) is 12.8. The fourth-order valence-electron chi connectivity index (χ4n) is 5.77. The maximum Gasteiger partial charge on any atom is 0.415 e. The number of carbonyl (C=O) groups excluding carboxylic acids is 1. The number of rotatable bonds is 8. The number of quaternary nitrogens is 1. The van der Waals surface area contributed by atoms with Crippen LogP contribution in [0.4, 0.5) is 14.9 Å². The molecule has 182 valence electrons. The molecular weight excluding hydrogens is 439 g/mol. The molecular formula is C30H34FN2O2+. The molecule has 3 aliphatic heterocycles. The third-order valence-electron chi connectivity index (χ3n) is 7.78. The molecule has 0 radical (unpaired) electrons. The average Bonchev–Trinajstić information content (AvgIpc) is 2.90. The topological polar surface area (TPSA) is 29.5 Å². The molecule has 1 atom stereocenters. The first-order valence-corrected chi connectivity index (χ1v) is 12.8. The van der Waals surface area contributed by atoms with Crippen LogP contribution in [0, 0.1) is 11.7 Å². The Kier molecular flexibility index (Phi) is 7.14. The Morgan fingerprint density at radius 2 is 1.51 bits per heavy atom. The number of carbonyl (C=O) groups is 1. The molecule has 0 unspecified atom stereocenters. The van der Waals surface area contributed by atoms with Crippen LogP contribution < -0.4 is 4.90 Å². The maximum absolute atomic E-state index is 13.6. The van der Waals surface area contributed by atoms with Gasteiger partial charge in [-0.1, -0.05) is 60.7 Å². The number of ether oxygens (including phenoxy) is 1. The number of aryl methyl sites for hydroxylation is 1. The van der Waals surface area contributed by atoms with Crippen molar-refractivity contribution in [1.82, 2.24) is 0 Å². The summed E-state index contributed by atoms with van der Waals surface area (Å²) < 4.78 is 20.8. The van der Waals surface area contributed by atoms with Crippen molar-refractivity contribution in [3.8, 4) is 0 Å². The van der Waals surface area contributed by atoms with Crippen LogP contribution in [0.2, 0.25) is 0 Å². The Hall–Kier alpha value is -3.18. The lowest BCUT2D eigenvalue weighted by atomic mass is 9.83. The molecule has 0 spiro atoms. The van der Waals surface area contributed by atoms with Crippen molar-refractivity contribution >= 4 is 11.8 Å². The van der Waals surface area contributed by atoms with E-state index in [0.29, 0.717) is 18.2 Å². The molecule has 0 N–H and O–H groups in total. The van der Waals surface area contributed by atoms with Crippen LogP contribution in [0.1, 0.15) is 30.4 Å². The number of benzene rings is 3. The van der Waals surface area contributed by atoms with Gasteiger partial charge in [-0.2, -0.15) is 0 Å². The van der Waals surface area contributed by atoms with Gasteiger partial charge in [-0.3, -0.25) is 4.90 Å². The van der Waals surface area contributed by atoms with Crippen LogP contribution in [-0.2, 0) is 17.7 Å². The van der Waals surface area contributed by atoms with Crippen molar-refractivity contribution in [2.24, 2.45) is 5.92 Å². The normalized spacial score (nSPS) is 23.1. The molecule has 2 bridgehead atoms. The van der Waals surface area contributed by atoms with Gasteiger partial charge in [-0.05, 0) is 41.8 Å². The molecule has 1 amide bonds. The smallest absolute Gasteiger partial charge is 0.415 e. The molecule has 5 heteroatoms. The van der Waals surface area contributed by atoms with Crippen molar-refractivity contribution < 1.29 is 18.4 Å². The highest BCUT2D eigenvalue weighted by Crippen LogP contribution is 2.36. The second-order valence-corrected chi connectivity index (χ2v) is 10.1. The highest BCUT2D eigenvalue weighted by atomic mass is 19.1. The van der Waals surface area contributed by atoms with Gasteiger partial charge in [-0.15, -0.1) is 0 Å². The van der Waals surface area contributed by atoms with Crippen LogP contribution in [0.3, 0.4) is 0 Å². The monoisotopic (exact) mass is 473 g/mol. The molecule has 3 saturated heterocycles. The number of piperidine rings is 3. The van der Waals surface area contributed by atoms with Crippen LogP contribution in [0.5, 0.6) is 0 Å². The molecule has 0 aliphatic carbocycles. The fraction of sp³-hybridized carbons (Fsp3) is 0.367. The number of nitrogens with zero attached hydrogens (tertiary/aromatic N) is 2. The SMILES string of the molecule is O=C(O[C@H]1C[N+]2(CCCc3ccccc3)CCC1CC2)N(Cc1ccccc1)c1ccc(F)cc1. The van der Waals surface area contributed by atoms with Gasteiger partial charge in [0.05, 0.1) is 26.2 Å². The van der Waals surface area contributed by atoms with Gasteiger partial charge in [0.15, 0.2) is 6.10 Å². The third kappa shape index (κ3) is 5.73. The van der Waals surface area contributed by atoms with E-state index in [1.807, 2.05) is 30.3 Å². The zero-order chi connectivity index (χ0) is 24.1.